The number of carboxylic acids is 1. The zero-order valence-electron chi connectivity index (χ0n) is 11.8. The second-order valence-electron chi connectivity index (χ2n) is 4.94. The van der Waals surface area contributed by atoms with Gasteiger partial charge in [0.2, 0.25) is 6.10 Å². The molecule has 0 aliphatic carbocycles. The van der Waals surface area contributed by atoms with Gasteiger partial charge in [-0.15, -0.1) is 0 Å². The van der Waals surface area contributed by atoms with Crippen molar-refractivity contribution in [2.45, 2.75) is 20.0 Å². The van der Waals surface area contributed by atoms with Crippen LogP contribution in [0.3, 0.4) is 0 Å². The maximum Gasteiger partial charge on any atom is 0.346 e. The summed E-state index contributed by atoms with van der Waals surface area (Å²) in [5.41, 5.74) is 1.65. The SMILES string of the molecule is Cc1cc(N2CC(C(=O)O)Oc3ccccc32)nc(C)n1. The highest BCUT2D eigenvalue weighted by Gasteiger charge is 2.31. The van der Waals surface area contributed by atoms with E-state index in [1.165, 1.54) is 0 Å². The number of carbonyl (C=O) groups is 1. The van der Waals surface area contributed by atoms with Gasteiger partial charge in [-0.2, -0.15) is 0 Å². The fraction of sp³-hybridized carbons (Fsp3) is 0.267. The molecular weight excluding hydrogens is 270 g/mol. The molecule has 0 amide bonds. The third-order valence-electron chi connectivity index (χ3n) is 3.28. The number of anilines is 2. The zero-order valence-corrected chi connectivity index (χ0v) is 11.8. The Hall–Kier alpha value is -2.63. The predicted octanol–water partition coefficient (Wildman–Crippen LogP) is 2.08. The Kier molecular flexibility index (Phi) is 3.21. The zero-order chi connectivity index (χ0) is 15.0. The lowest BCUT2D eigenvalue weighted by Gasteiger charge is -2.33. The number of fused-ring (bicyclic) bond motifs is 1. The minimum atomic E-state index is -0.989. The quantitative estimate of drug-likeness (QED) is 0.910. The summed E-state index contributed by atoms with van der Waals surface area (Å²) in [6.07, 6.45) is -0.921. The molecule has 0 spiro atoms. The number of aryl methyl sites for hydroxylation is 2. The minimum absolute atomic E-state index is 0.211. The number of ether oxygens (including phenoxy) is 1. The van der Waals surface area contributed by atoms with Crippen LogP contribution in [0, 0.1) is 13.8 Å². The molecule has 3 rings (SSSR count). The Bertz CT molecular complexity index is 682. The van der Waals surface area contributed by atoms with E-state index in [9.17, 15) is 9.90 Å². The summed E-state index contributed by atoms with van der Waals surface area (Å²) >= 11 is 0. The van der Waals surface area contributed by atoms with Crippen molar-refractivity contribution in [3.8, 4) is 5.75 Å². The number of aliphatic carboxylic acids is 1. The van der Waals surface area contributed by atoms with Gasteiger partial charge in [-0.1, -0.05) is 12.1 Å². The first-order valence-corrected chi connectivity index (χ1v) is 6.63. The lowest BCUT2D eigenvalue weighted by atomic mass is 10.2. The van der Waals surface area contributed by atoms with Gasteiger partial charge >= 0.3 is 5.97 Å². The van der Waals surface area contributed by atoms with Gasteiger partial charge in [0.15, 0.2) is 0 Å². The number of para-hydroxylation sites is 2. The Balaban J connectivity index is 2.09. The number of benzene rings is 1. The van der Waals surface area contributed by atoms with Gasteiger partial charge in [0.1, 0.15) is 17.4 Å². The van der Waals surface area contributed by atoms with E-state index in [0.29, 0.717) is 17.4 Å². The van der Waals surface area contributed by atoms with Crippen LogP contribution in [0.5, 0.6) is 5.75 Å². The Morgan fingerprint density at radius 2 is 2.10 bits per heavy atom. The van der Waals surface area contributed by atoms with Gasteiger partial charge < -0.3 is 14.7 Å². The van der Waals surface area contributed by atoms with Gasteiger partial charge in [0, 0.05) is 11.8 Å². The highest BCUT2D eigenvalue weighted by atomic mass is 16.5. The van der Waals surface area contributed by atoms with E-state index in [4.69, 9.17) is 4.74 Å². The fourth-order valence-electron chi connectivity index (χ4n) is 2.42. The highest BCUT2D eigenvalue weighted by Crippen LogP contribution is 2.37. The molecule has 1 aliphatic rings. The molecule has 0 fully saturated rings. The van der Waals surface area contributed by atoms with Crippen molar-refractivity contribution in [3.05, 3.63) is 41.9 Å². The van der Waals surface area contributed by atoms with Crippen LogP contribution in [0.15, 0.2) is 30.3 Å². The number of nitrogens with zero attached hydrogens (tertiary/aromatic N) is 3. The molecule has 1 unspecified atom stereocenters. The van der Waals surface area contributed by atoms with Crippen LogP contribution in [-0.4, -0.2) is 33.7 Å². The topological polar surface area (TPSA) is 75.6 Å². The minimum Gasteiger partial charge on any atom is -0.478 e. The molecule has 0 saturated carbocycles. The van der Waals surface area contributed by atoms with E-state index in [2.05, 4.69) is 9.97 Å². The summed E-state index contributed by atoms with van der Waals surface area (Å²) in [7, 11) is 0. The summed E-state index contributed by atoms with van der Waals surface area (Å²) in [4.78, 5) is 21.8. The van der Waals surface area contributed by atoms with E-state index in [1.54, 1.807) is 6.07 Å². The van der Waals surface area contributed by atoms with Crippen molar-refractivity contribution in [2.75, 3.05) is 11.4 Å². The van der Waals surface area contributed by atoms with Crippen LogP contribution >= 0.6 is 0 Å². The molecular formula is C15H15N3O3. The summed E-state index contributed by atoms with van der Waals surface area (Å²) < 4.78 is 5.52. The van der Waals surface area contributed by atoms with Gasteiger partial charge in [0.05, 0.1) is 12.2 Å². The average Bonchev–Trinajstić information content (AvgIpc) is 2.45. The standard InChI is InChI=1S/C15H15N3O3/c1-9-7-14(17-10(2)16-9)18-8-13(15(19)20)21-12-6-4-3-5-11(12)18/h3-7,13H,8H2,1-2H3,(H,19,20). The van der Waals surface area contributed by atoms with Crippen molar-refractivity contribution in [1.29, 1.82) is 0 Å². The summed E-state index contributed by atoms with van der Waals surface area (Å²) in [6, 6.07) is 9.20. The molecule has 0 bridgehead atoms. The van der Waals surface area contributed by atoms with E-state index in [0.717, 1.165) is 11.4 Å². The smallest absolute Gasteiger partial charge is 0.346 e. The van der Waals surface area contributed by atoms with E-state index >= 15 is 0 Å². The molecule has 1 atom stereocenters. The van der Waals surface area contributed by atoms with Crippen LogP contribution in [0.25, 0.3) is 0 Å². The maximum atomic E-state index is 11.3. The normalized spacial score (nSPS) is 17.0. The molecule has 1 aliphatic heterocycles. The van der Waals surface area contributed by atoms with Crippen LogP contribution in [0.4, 0.5) is 11.5 Å². The predicted molar refractivity (Wildman–Crippen MR) is 77.0 cm³/mol. The number of rotatable bonds is 2. The highest BCUT2D eigenvalue weighted by molar-refractivity contribution is 5.78. The molecule has 1 aromatic carbocycles. The van der Waals surface area contributed by atoms with E-state index < -0.39 is 12.1 Å². The average molecular weight is 285 g/mol. The number of carboxylic acid groups (broad SMARTS) is 1. The molecule has 0 radical (unpaired) electrons. The van der Waals surface area contributed by atoms with Crippen molar-refractivity contribution in [3.63, 3.8) is 0 Å². The lowest BCUT2D eigenvalue weighted by molar-refractivity contribution is -0.144. The van der Waals surface area contributed by atoms with Crippen LogP contribution < -0.4 is 9.64 Å². The fourth-order valence-corrected chi connectivity index (χ4v) is 2.42. The molecule has 21 heavy (non-hydrogen) atoms. The number of aromatic nitrogens is 2. The molecule has 0 saturated heterocycles. The van der Waals surface area contributed by atoms with Gasteiger partial charge in [-0.05, 0) is 26.0 Å². The molecule has 2 heterocycles. The largest absolute Gasteiger partial charge is 0.478 e. The van der Waals surface area contributed by atoms with Crippen LogP contribution in [0.2, 0.25) is 0 Å². The summed E-state index contributed by atoms with van der Waals surface area (Å²) in [5, 5.41) is 9.25. The molecule has 6 nitrogen and oxygen atoms in total. The van der Waals surface area contributed by atoms with Crippen molar-refractivity contribution < 1.29 is 14.6 Å². The van der Waals surface area contributed by atoms with Crippen molar-refractivity contribution in [1.82, 2.24) is 9.97 Å². The van der Waals surface area contributed by atoms with Crippen LogP contribution in [0.1, 0.15) is 11.5 Å². The molecule has 1 aromatic heterocycles. The van der Waals surface area contributed by atoms with Gasteiger partial charge in [-0.25, -0.2) is 14.8 Å². The third-order valence-corrected chi connectivity index (χ3v) is 3.28. The Labute approximate surface area is 122 Å². The second kappa shape index (κ2) is 5.05. The monoisotopic (exact) mass is 285 g/mol. The Morgan fingerprint density at radius 3 is 2.81 bits per heavy atom. The Morgan fingerprint density at radius 1 is 1.33 bits per heavy atom. The van der Waals surface area contributed by atoms with E-state index in [1.807, 2.05) is 43.0 Å². The second-order valence-corrected chi connectivity index (χ2v) is 4.94. The van der Waals surface area contributed by atoms with E-state index in [-0.39, 0.29) is 6.54 Å². The first-order valence-electron chi connectivity index (χ1n) is 6.63. The van der Waals surface area contributed by atoms with Crippen LogP contribution in [-0.2, 0) is 4.79 Å². The third kappa shape index (κ3) is 2.52. The lowest BCUT2D eigenvalue weighted by Crippen LogP contribution is -2.42. The number of hydrogen-bond donors (Lipinski definition) is 1. The van der Waals surface area contributed by atoms with Gasteiger partial charge in [0.25, 0.3) is 0 Å². The molecule has 6 heteroatoms. The maximum absolute atomic E-state index is 11.3. The van der Waals surface area contributed by atoms with Crippen molar-refractivity contribution in [2.24, 2.45) is 0 Å². The summed E-state index contributed by atoms with van der Waals surface area (Å²) in [5.74, 6) is 0.893. The number of hydrogen-bond acceptors (Lipinski definition) is 5. The van der Waals surface area contributed by atoms with Gasteiger partial charge in [-0.3, -0.25) is 0 Å². The molecule has 1 N–H and O–H groups in total. The first kappa shape index (κ1) is 13.4. The summed E-state index contributed by atoms with van der Waals surface area (Å²) in [6.45, 7) is 3.92. The van der Waals surface area contributed by atoms with Crippen molar-refractivity contribution >= 4 is 17.5 Å². The molecule has 108 valence electrons. The molecule has 2 aromatic rings. The first-order chi connectivity index (χ1) is 10.0.